The number of para-hydroxylation sites is 1. The molecule has 0 aliphatic rings. The molecule has 2 heterocycles. The molecule has 0 saturated carbocycles. The van der Waals surface area contributed by atoms with E-state index in [-0.39, 0.29) is 19.4 Å². The standard InChI is InChI=1S/C33H40N6O7/c1-21(30(41)45-33(5,6)43-20-40)17-23(37-31(42)46-32(2,3)4)18-39-29-26(28(34-7)35-19-36-29)27(38-39)22-13-15-25(16-14-22)44-24-11-9-8-10-12-24/h8-16,19-21,23H,17-18H2,1-7H3,(H,37,42)(H,34,35,36). The largest absolute Gasteiger partial charge is 0.457 e. The van der Waals surface area contributed by atoms with E-state index in [2.05, 4.69) is 20.6 Å². The molecule has 0 spiro atoms. The van der Waals surface area contributed by atoms with Gasteiger partial charge in [-0.15, -0.1) is 0 Å². The zero-order valence-corrected chi connectivity index (χ0v) is 27.1. The number of hydrogen-bond acceptors (Lipinski definition) is 11. The van der Waals surface area contributed by atoms with Crippen molar-refractivity contribution < 1.29 is 33.3 Å². The molecule has 2 aromatic heterocycles. The van der Waals surface area contributed by atoms with Crippen LogP contribution in [0.5, 0.6) is 11.5 Å². The Balaban J connectivity index is 1.66. The first-order valence-corrected chi connectivity index (χ1v) is 14.8. The van der Waals surface area contributed by atoms with Crippen molar-refractivity contribution in [2.24, 2.45) is 5.92 Å². The highest BCUT2D eigenvalue weighted by molar-refractivity contribution is 5.99. The van der Waals surface area contributed by atoms with Crippen molar-refractivity contribution in [2.75, 3.05) is 12.4 Å². The quantitative estimate of drug-likeness (QED) is 0.106. The van der Waals surface area contributed by atoms with E-state index in [1.165, 1.54) is 20.2 Å². The molecule has 1 amide bonds. The lowest BCUT2D eigenvalue weighted by Gasteiger charge is -2.27. The normalized spacial score (nSPS) is 12.9. The van der Waals surface area contributed by atoms with Gasteiger partial charge >= 0.3 is 12.1 Å². The summed E-state index contributed by atoms with van der Waals surface area (Å²) in [6.07, 6.45) is 0.929. The van der Waals surface area contributed by atoms with E-state index in [0.717, 1.165) is 11.3 Å². The lowest BCUT2D eigenvalue weighted by atomic mass is 10.0. The number of nitrogens with one attached hydrogen (secondary N) is 2. The fraction of sp³-hybridized carbons (Fsp3) is 0.394. The lowest BCUT2D eigenvalue weighted by molar-refractivity contribution is -0.211. The number of amides is 1. The highest BCUT2D eigenvalue weighted by atomic mass is 16.7. The Hall–Kier alpha value is -5.20. The maximum Gasteiger partial charge on any atom is 0.407 e. The van der Waals surface area contributed by atoms with Crippen LogP contribution in [0.4, 0.5) is 10.6 Å². The van der Waals surface area contributed by atoms with Gasteiger partial charge in [0, 0.05) is 26.5 Å². The Morgan fingerprint density at radius 1 is 0.957 bits per heavy atom. The highest BCUT2D eigenvalue weighted by Gasteiger charge is 2.31. The lowest BCUT2D eigenvalue weighted by Crippen LogP contribution is -2.43. The molecule has 13 nitrogen and oxygen atoms in total. The third-order valence-electron chi connectivity index (χ3n) is 6.71. The maximum atomic E-state index is 12.9. The zero-order valence-electron chi connectivity index (χ0n) is 27.1. The highest BCUT2D eigenvalue weighted by Crippen LogP contribution is 2.33. The van der Waals surface area contributed by atoms with E-state index < -0.39 is 35.4 Å². The number of fused-ring (bicyclic) bond motifs is 1. The number of carbonyl (C=O) groups excluding carboxylic acids is 3. The van der Waals surface area contributed by atoms with Crippen LogP contribution in [0.25, 0.3) is 22.3 Å². The van der Waals surface area contributed by atoms with Gasteiger partial charge in [0.15, 0.2) is 5.65 Å². The summed E-state index contributed by atoms with van der Waals surface area (Å²) in [5.74, 6) is -0.801. The van der Waals surface area contributed by atoms with Gasteiger partial charge in [-0.05, 0) is 63.6 Å². The molecule has 0 saturated heterocycles. The second kappa shape index (κ2) is 14.3. The fourth-order valence-corrected chi connectivity index (χ4v) is 4.70. The van der Waals surface area contributed by atoms with Gasteiger partial charge in [0.25, 0.3) is 12.3 Å². The van der Waals surface area contributed by atoms with Crippen LogP contribution in [0.3, 0.4) is 0 Å². The first-order chi connectivity index (χ1) is 21.8. The molecule has 0 radical (unpaired) electrons. The number of ether oxygens (including phenoxy) is 4. The molecule has 4 rings (SSSR count). The predicted molar refractivity (Wildman–Crippen MR) is 171 cm³/mol. The summed E-state index contributed by atoms with van der Waals surface area (Å²) >= 11 is 0. The smallest absolute Gasteiger partial charge is 0.407 e. The summed E-state index contributed by atoms with van der Waals surface area (Å²) in [4.78, 5) is 45.6. The minimum Gasteiger partial charge on any atom is -0.457 e. The van der Waals surface area contributed by atoms with Crippen LogP contribution in [-0.2, 0) is 30.3 Å². The molecular weight excluding hydrogens is 592 g/mol. The molecule has 2 atom stereocenters. The number of alkyl carbamates (subject to hydrolysis) is 1. The van der Waals surface area contributed by atoms with E-state index in [1.54, 1.807) is 39.4 Å². The number of nitrogens with zero attached hydrogens (tertiary/aromatic N) is 4. The van der Waals surface area contributed by atoms with Crippen LogP contribution in [0.15, 0.2) is 60.9 Å². The molecule has 2 aromatic carbocycles. The Morgan fingerprint density at radius 2 is 1.63 bits per heavy atom. The van der Waals surface area contributed by atoms with Gasteiger partial charge in [-0.25, -0.2) is 19.4 Å². The SMILES string of the molecule is CNc1ncnc2c1c(-c1ccc(Oc3ccccc3)cc1)nn2CC(CC(C)C(=O)OC(C)(C)OC=O)NC(=O)OC(C)(C)C. The van der Waals surface area contributed by atoms with Crippen molar-refractivity contribution in [1.29, 1.82) is 0 Å². The van der Waals surface area contributed by atoms with E-state index in [0.29, 0.717) is 28.3 Å². The van der Waals surface area contributed by atoms with Crippen molar-refractivity contribution in [3.05, 3.63) is 60.9 Å². The van der Waals surface area contributed by atoms with Crippen LogP contribution in [-0.4, -0.2) is 62.8 Å². The van der Waals surface area contributed by atoms with Gasteiger partial charge in [-0.3, -0.25) is 9.59 Å². The Kier molecular flexibility index (Phi) is 10.5. The topological polar surface area (TPSA) is 156 Å². The second-order valence-electron chi connectivity index (χ2n) is 12.2. The number of carbonyl (C=O) groups is 3. The van der Waals surface area contributed by atoms with E-state index in [9.17, 15) is 14.4 Å². The van der Waals surface area contributed by atoms with Crippen molar-refractivity contribution in [1.82, 2.24) is 25.1 Å². The molecule has 2 unspecified atom stereocenters. The van der Waals surface area contributed by atoms with Crippen LogP contribution in [0.1, 0.15) is 48.0 Å². The first-order valence-electron chi connectivity index (χ1n) is 14.8. The van der Waals surface area contributed by atoms with Crippen molar-refractivity contribution in [3.8, 4) is 22.8 Å². The van der Waals surface area contributed by atoms with E-state index >= 15 is 0 Å². The summed E-state index contributed by atoms with van der Waals surface area (Å²) in [5, 5.41) is 11.6. The monoisotopic (exact) mass is 632 g/mol. The summed E-state index contributed by atoms with van der Waals surface area (Å²) in [6, 6.07) is 16.3. The minimum absolute atomic E-state index is 0.136. The van der Waals surface area contributed by atoms with Crippen LogP contribution in [0.2, 0.25) is 0 Å². The van der Waals surface area contributed by atoms with Gasteiger partial charge in [-0.1, -0.05) is 25.1 Å². The molecule has 0 fully saturated rings. The van der Waals surface area contributed by atoms with Crippen LogP contribution >= 0.6 is 0 Å². The van der Waals surface area contributed by atoms with Crippen molar-refractivity contribution in [3.63, 3.8) is 0 Å². The van der Waals surface area contributed by atoms with E-state index in [4.69, 9.17) is 24.0 Å². The number of benzene rings is 2. The van der Waals surface area contributed by atoms with Crippen LogP contribution in [0, 0.1) is 5.92 Å². The molecule has 2 N–H and O–H groups in total. The fourth-order valence-electron chi connectivity index (χ4n) is 4.70. The van der Waals surface area contributed by atoms with Gasteiger partial charge in [0.2, 0.25) is 0 Å². The minimum atomic E-state index is -1.45. The predicted octanol–water partition coefficient (Wildman–Crippen LogP) is 5.70. The van der Waals surface area contributed by atoms with Gasteiger partial charge < -0.3 is 29.6 Å². The van der Waals surface area contributed by atoms with Gasteiger partial charge in [-0.2, -0.15) is 5.10 Å². The molecule has 0 aliphatic carbocycles. The number of anilines is 1. The third kappa shape index (κ3) is 8.93. The number of esters is 1. The van der Waals surface area contributed by atoms with Gasteiger partial charge in [0.1, 0.15) is 34.9 Å². The second-order valence-corrected chi connectivity index (χ2v) is 12.2. The summed E-state index contributed by atoms with van der Waals surface area (Å²) < 4.78 is 23.4. The van der Waals surface area contributed by atoms with Crippen molar-refractivity contribution >= 4 is 35.4 Å². The molecule has 4 aromatic rings. The third-order valence-corrected chi connectivity index (χ3v) is 6.71. The zero-order chi connectivity index (χ0) is 33.5. The molecular formula is C33H40N6O7. The van der Waals surface area contributed by atoms with E-state index in [1.807, 2.05) is 54.6 Å². The van der Waals surface area contributed by atoms with Crippen molar-refractivity contribution in [2.45, 2.75) is 71.9 Å². The average molecular weight is 633 g/mol. The Labute approximate surface area is 267 Å². The first kappa shape index (κ1) is 33.7. The Bertz CT molecular complexity index is 1650. The summed E-state index contributed by atoms with van der Waals surface area (Å²) in [5.41, 5.74) is 1.18. The summed E-state index contributed by atoms with van der Waals surface area (Å²) in [7, 11) is 1.76. The average Bonchev–Trinajstić information content (AvgIpc) is 3.35. The molecule has 0 bridgehead atoms. The molecule has 13 heteroatoms. The molecule has 0 aliphatic heterocycles. The number of hydrogen-bond donors (Lipinski definition) is 2. The maximum absolute atomic E-state index is 12.9. The van der Waals surface area contributed by atoms with Gasteiger partial charge in [0.05, 0.1) is 23.9 Å². The number of rotatable bonds is 13. The molecule has 46 heavy (non-hydrogen) atoms. The van der Waals surface area contributed by atoms with Crippen LogP contribution < -0.4 is 15.4 Å². The molecule has 244 valence electrons. The summed E-state index contributed by atoms with van der Waals surface area (Å²) in [6.45, 7) is 10.2. The number of aromatic nitrogens is 4. The Morgan fingerprint density at radius 3 is 2.26 bits per heavy atom.